The van der Waals surface area contributed by atoms with Gasteiger partial charge in [-0.1, -0.05) is 6.07 Å². The SMILES string of the molecule is COc1ccc2c(c1)OC[C@]1(C(=O)O)CN(C(=O)CNC(=O)N(C)C)C[C@H]21. The molecule has 2 aliphatic heterocycles. The van der Waals surface area contributed by atoms with E-state index in [0.29, 0.717) is 11.5 Å². The number of nitrogens with zero attached hydrogens (tertiary/aromatic N) is 2. The number of ether oxygens (including phenoxy) is 2. The molecule has 1 fully saturated rings. The zero-order valence-corrected chi connectivity index (χ0v) is 15.5. The molecule has 0 unspecified atom stereocenters. The summed E-state index contributed by atoms with van der Waals surface area (Å²) < 4.78 is 10.9. The normalized spacial score (nSPS) is 22.9. The third-order valence-electron chi connectivity index (χ3n) is 5.20. The summed E-state index contributed by atoms with van der Waals surface area (Å²) >= 11 is 0. The van der Waals surface area contributed by atoms with Crippen LogP contribution in [0.5, 0.6) is 11.5 Å². The molecule has 3 rings (SSSR count). The highest BCUT2D eigenvalue weighted by Gasteiger charge is 2.57. The summed E-state index contributed by atoms with van der Waals surface area (Å²) in [5.41, 5.74) is -0.458. The van der Waals surface area contributed by atoms with Crippen molar-refractivity contribution >= 4 is 17.9 Å². The van der Waals surface area contributed by atoms with Crippen LogP contribution in [-0.2, 0) is 9.59 Å². The number of hydrogen-bond acceptors (Lipinski definition) is 5. The number of fused-ring (bicyclic) bond motifs is 3. The Bertz CT molecular complexity index is 780. The molecule has 3 amide bonds. The van der Waals surface area contributed by atoms with E-state index in [-0.39, 0.29) is 38.2 Å². The minimum atomic E-state index is -1.21. The number of carboxylic acid groups (broad SMARTS) is 1. The van der Waals surface area contributed by atoms with Gasteiger partial charge in [-0.05, 0) is 6.07 Å². The third-order valence-corrected chi connectivity index (χ3v) is 5.20. The van der Waals surface area contributed by atoms with Gasteiger partial charge in [-0.25, -0.2) is 4.79 Å². The molecule has 0 saturated carbocycles. The molecule has 2 atom stereocenters. The van der Waals surface area contributed by atoms with E-state index in [1.165, 1.54) is 9.80 Å². The van der Waals surface area contributed by atoms with Gasteiger partial charge in [0.25, 0.3) is 0 Å². The molecule has 1 saturated heterocycles. The van der Waals surface area contributed by atoms with Gasteiger partial charge in [0.15, 0.2) is 0 Å². The van der Waals surface area contributed by atoms with E-state index in [4.69, 9.17) is 9.47 Å². The standard InChI is InChI=1S/C18H23N3O6/c1-20(2)17(25)19-7-15(22)21-8-13-12-5-4-11(26-3)6-14(12)27-10-18(13,9-21)16(23)24/h4-6,13H,7-10H2,1-3H3,(H,19,25)(H,23,24)/t13-,18-/m1/s1. The zero-order valence-electron chi connectivity index (χ0n) is 15.5. The quantitative estimate of drug-likeness (QED) is 0.784. The number of nitrogens with one attached hydrogen (secondary N) is 1. The van der Waals surface area contributed by atoms with Crippen molar-refractivity contribution in [3.05, 3.63) is 23.8 Å². The minimum Gasteiger partial charge on any atom is -0.497 e. The Kier molecular flexibility index (Phi) is 4.86. The molecule has 0 aromatic heterocycles. The summed E-state index contributed by atoms with van der Waals surface area (Å²) in [5, 5.41) is 12.4. The number of carbonyl (C=O) groups is 3. The fraction of sp³-hybridized carbons (Fsp3) is 0.500. The second-order valence-electron chi connectivity index (χ2n) is 7.03. The van der Waals surface area contributed by atoms with E-state index >= 15 is 0 Å². The van der Waals surface area contributed by atoms with Crippen LogP contribution in [0.2, 0.25) is 0 Å². The minimum absolute atomic E-state index is 0.0268. The number of amides is 3. The number of carbonyl (C=O) groups excluding carboxylic acids is 2. The van der Waals surface area contributed by atoms with E-state index in [9.17, 15) is 19.5 Å². The van der Waals surface area contributed by atoms with E-state index in [2.05, 4.69) is 5.32 Å². The molecule has 2 aliphatic rings. The number of urea groups is 1. The lowest BCUT2D eigenvalue weighted by Gasteiger charge is -2.35. The lowest BCUT2D eigenvalue weighted by atomic mass is 9.73. The topological polar surface area (TPSA) is 108 Å². The predicted molar refractivity (Wildman–Crippen MR) is 95.0 cm³/mol. The first-order valence-electron chi connectivity index (χ1n) is 8.55. The molecule has 0 radical (unpaired) electrons. The summed E-state index contributed by atoms with van der Waals surface area (Å²) in [6.07, 6.45) is 0. The summed E-state index contributed by atoms with van der Waals surface area (Å²) in [7, 11) is 4.70. The van der Waals surface area contributed by atoms with Gasteiger partial charge >= 0.3 is 12.0 Å². The molecule has 27 heavy (non-hydrogen) atoms. The van der Waals surface area contributed by atoms with E-state index in [0.717, 1.165) is 5.56 Å². The van der Waals surface area contributed by atoms with E-state index < -0.39 is 17.3 Å². The van der Waals surface area contributed by atoms with Gasteiger partial charge < -0.3 is 29.7 Å². The summed E-state index contributed by atoms with van der Waals surface area (Å²) in [5.74, 6) is -0.518. The summed E-state index contributed by atoms with van der Waals surface area (Å²) in [6, 6.07) is 4.89. The van der Waals surface area contributed by atoms with E-state index in [1.54, 1.807) is 39.4 Å². The molecular weight excluding hydrogens is 354 g/mol. The molecule has 2 N–H and O–H groups in total. The van der Waals surface area contributed by atoms with Gasteiger partial charge in [0, 0.05) is 44.7 Å². The molecule has 1 aromatic carbocycles. The summed E-state index contributed by atoms with van der Waals surface area (Å²) in [4.78, 5) is 39.1. The van der Waals surface area contributed by atoms with Crippen LogP contribution in [0.3, 0.4) is 0 Å². The zero-order chi connectivity index (χ0) is 19.8. The molecule has 0 bridgehead atoms. The smallest absolute Gasteiger partial charge is 0.317 e. The average molecular weight is 377 g/mol. The fourth-order valence-electron chi connectivity index (χ4n) is 3.60. The van der Waals surface area contributed by atoms with Gasteiger partial charge in [0.2, 0.25) is 5.91 Å². The Labute approximate surface area is 156 Å². The Morgan fingerprint density at radius 2 is 2.15 bits per heavy atom. The Balaban J connectivity index is 1.82. The largest absolute Gasteiger partial charge is 0.497 e. The molecular formula is C18H23N3O6. The van der Waals surface area contributed by atoms with Crippen LogP contribution in [0.4, 0.5) is 4.79 Å². The molecule has 146 valence electrons. The number of carboxylic acids is 1. The van der Waals surface area contributed by atoms with Crippen molar-refractivity contribution < 1.29 is 29.0 Å². The van der Waals surface area contributed by atoms with Crippen molar-refractivity contribution in [2.75, 3.05) is 47.4 Å². The van der Waals surface area contributed by atoms with Crippen molar-refractivity contribution in [3.8, 4) is 11.5 Å². The Hall–Kier alpha value is -2.97. The third kappa shape index (κ3) is 3.24. The lowest BCUT2D eigenvalue weighted by Crippen LogP contribution is -2.47. The van der Waals surface area contributed by atoms with Crippen LogP contribution >= 0.6 is 0 Å². The molecule has 9 heteroatoms. The van der Waals surface area contributed by atoms with Gasteiger partial charge in [-0.3, -0.25) is 9.59 Å². The first-order chi connectivity index (χ1) is 12.8. The average Bonchev–Trinajstić information content (AvgIpc) is 3.06. The maximum Gasteiger partial charge on any atom is 0.317 e. The van der Waals surface area contributed by atoms with Crippen molar-refractivity contribution in [1.82, 2.24) is 15.1 Å². The Morgan fingerprint density at radius 1 is 1.41 bits per heavy atom. The number of rotatable bonds is 4. The van der Waals surface area contributed by atoms with Crippen LogP contribution in [-0.4, -0.2) is 80.3 Å². The highest BCUT2D eigenvalue weighted by atomic mass is 16.5. The maximum atomic E-state index is 12.5. The predicted octanol–water partition coefficient (Wildman–Crippen LogP) is 0.356. The van der Waals surface area contributed by atoms with Gasteiger partial charge in [0.05, 0.1) is 13.7 Å². The van der Waals surface area contributed by atoms with Crippen LogP contribution in [0.15, 0.2) is 18.2 Å². The van der Waals surface area contributed by atoms with Crippen molar-refractivity contribution in [2.45, 2.75) is 5.92 Å². The van der Waals surface area contributed by atoms with Gasteiger partial charge in [-0.15, -0.1) is 0 Å². The highest BCUT2D eigenvalue weighted by Crippen LogP contribution is 2.50. The first-order valence-corrected chi connectivity index (χ1v) is 8.55. The number of aliphatic carboxylic acids is 1. The maximum absolute atomic E-state index is 12.5. The second-order valence-corrected chi connectivity index (χ2v) is 7.03. The molecule has 0 spiro atoms. The van der Waals surface area contributed by atoms with Crippen molar-refractivity contribution in [2.24, 2.45) is 5.41 Å². The van der Waals surface area contributed by atoms with E-state index in [1.807, 2.05) is 0 Å². The lowest BCUT2D eigenvalue weighted by molar-refractivity contribution is -0.152. The van der Waals surface area contributed by atoms with Crippen LogP contribution in [0.25, 0.3) is 0 Å². The van der Waals surface area contributed by atoms with Crippen LogP contribution in [0.1, 0.15) is 11.5 Å². The number of benzene rings is 1. The highest BCUT2D eigenvalue weighted by molar-refractivity contribution is 5.86. The van der Waals surface area contributed by atoms with Gasteiger partial charge in [0.1, 0.15) is 23.5 Å². The molecule has 9 nitrogen and oxygen atoms in total. The van der Waals surface area contributed by atoms with Gasteiger partial charge in [-0.2, -0.15) is 0 Å². The fourth-order valence-corrected chi connectivity index (χ4v) is 3.60. The molecule has 1 aromatic rings. The molecule has 0 aliphatic carbocycles. The molecule has 2 heterocycles. The van der Waals surface area contributed by atoms with Crippen LogP contribution in [0, 0.1) is 5.41 Å². The Morgan fingerprint density at radius 3 is 2.78 bits per heavy atom. The number of methoxy groups -OCH3 is 1. The van der Waals surface area contributed by atoms with Crippen LogP contribution < -0.4 is 14.8 Å². The number of hydrogen-bond donors (Lipinski definition) is 2. The van der Waals surface area contributed by atoms with Crippen molar-refractivity contribution in [3.63, 3.8) is 0 Å². The first kappa shape index (κ1) is 18.8. The number of likely N-dealkylation sites (tertiary alicyclic amines) is 1. The monoisotopic (exact) mass is 377 g/mol. The van der Waals surface area contributed by atoms with Crippen molar-refractivity contribution in [1.29, 1.82) is 0 Å². The second kappa shape index (κ2) is 6.98. The summed E-state index contributed by atoms with van der Waals surface area (Å²) in [6.45, 7) is 0.0809.